The van der Waals surface area contributed by atoms with Crippen LogP contribution >= 0.6 is 0 Å². The minimum absolute atomic E-state index is 0.795. The Balaban J connectivity index is 1.89. The molecule has 5 rings (SSSR count). The van der Waals surface area contributed by atoms with Gasteiger partial charge in [-0.1, -0.05) is 66.7 Å². The zero-order chi connectivity index (χ0) is 17.5. The van der Waals surface area contributed by atoms with Crippen LogP contribution in [0.25, 0.3) is 38.6 Å². The largest absolute Gasteiger partial charge is 0.397 e. The van der Waals surface area contributed by atoms with Crippen LogP contribution < -0.4 is 5.73 Å². The minimum Gasteiger partial charge on any atom is -0.397 e. The van der Waals surface area contributed by atoms with Gasteiger partial charge in [-0.25, -0.2) is 0 Å². The summed E-state index contributed by atoms with van der Waals surface area (Å²) in [5, 5.41) is 2.40. The van der Waals surface area contributed by atoms with E-state index in [-0.39, 0.29) is 0 Å². The average molecular weight is 334 g/mol. The van der Waals surface area contributed by atoms with E-state index in [9.17, 15) is 0 Å². The van der Waals surface area contributed by atoms with Crippen LogP contribution in [0.1, 0.15) is 0 Å². The van der Waals surface area contributed by atoms with Crippen LogP contribution in [0.4, 0.5) is 5.69 Å². The maximum absolute atomic E-state index is 6.39. The first-order valence-corrected chi connectivity index (χ1v) is 8.76. The monoisotopic (exact) mass is 334 g/mol. The molecule has 0 unspecified atom stereocenters. The van der Waals surface area contributed by atoms with Crippen molar-refractivity contribution in [1.82, 2.24) is 4.57 Å². The molecule has 2 N–H and O–H groups in total. The molecule has 1 heterocycles. The first kappa shape index (κ1) is 14.8. The fourth-order valence-corrected chi connectivity index (χ4v) is 3.75. The highest BCUT2D eigenvalue weighted by atomic mass is 15.0. The molecule has 0 amide bonds. The summed E-state index contributed by atoms with van der Waals surface area (Å²) in [6, 6.07) is 33.7. The maximum Gasteiger partial charge on any atom is 0.0771 e. The molecule has 26 heavy (non-hydrogen) atoms. The lowest BCUT2D eigenvalue weighted by atomic mass is 10.0. The third-order valence-electron chi connectivity index (χ3n) is 4.94. The Morgan fingerprint density at radius 2 is 1.31 bits per heavy atom. The molecule has 124 valence electrons. The predicted molar refractivity (Wildman–Crippen MR) is 111 cm³/mol. The van der Waals surface area contributed by atoms with Crippen molar-refractivity contribution in [2.45, 2.75) is 0 Å². The van der Waals surface area contributed by atoms with Gasteiger partial charge in [0.2, 0.25) is 0 Å². The Hall–Kier alpha value is -3.52. The molecule has 0 saturated carbocycles. The molecule has 0 spiro atoms. The van der Waals surface area contributed by atoms with Crippen molar-refractivity contribution in [3.8, 4) is 16.8 Å². The van der Waals surface area contributed by atoms with E-state index in [2.05, 4.69) is 77.4 Å². The summed E-state index contributed by atoms with van der Waals surface area (Å²) in [5.41, 5.74) is 13.0. The fraction of sp³-hybridized carbons (Fsp3) is 0. The molecule has 0 saturated heterocycles. The van der Waals surface area contributed by atoms with Crippen molar-refractivity contribution in [2.75, 3.05) is 5.73 Å². The number of nitrogens with zero attached hydrogens (tertiary/aromatic N) is 1. The van der Waals surface area contributed by atoms with E-state index < -0.39 is 0 Å². The van der Waals surface area contributed by atoms with Gasteiger partial charge < -0.3 is 10.3 Å². The quantitative estimate of drug-likeness (QED) is 0.392. The van der Waals surface area contributed by atoms with Crippen molar-refractivity contribution in [1.29, 1.82) is 0 Å². The van der Waals surface area contributed by atoms with E-state index in [4.69, 9.17) is 5.73 Å². The van der Waals surface area contributed by atoms with E-state index in [1.165, 1.54) is 27.4 Å². The molecule has 1 aromatic heterocycles. The van der Waals surface area contributed by atoms with Gasteiger partial charge in [0.05, 0.1) is 16.7 Å². The number of anilines is 1. The molecule has 0 aliphatic heterocycles. The SMILES string of the molecule is Nc1cccc2c3cc(-c4ccccc4)ccc3n(-c3ccccc3)c12. The van der Waals surface area contributed by atoms with Gasteiger partial charge in [0.1, 0.15) is 0 Å². The van der Waals surface area contributed by atoms with Crippen LogP contribution in [0.15, 0.2) is 97.1 Å². The predicted octanol–water partition coefficient (Wildman–Crippen LogP) is 6.03. The smallest absolute Gasteiger partial charge is 0.0771 e. The average Bonchev–Trinajstić information content (AvgIpc) is 3.04. The molecule has 0 aliphatic rings. The first-order chi connectivity index (χ1) is 12.8. The van der Waals surface area contributed by atoms with Gasteiger partial charge in [-0.15, -0.1) is 0 Å². The summed E-state index contributed by atoms with van der Waals surface area (Å²) in [6.07, 6.45) is 0. The van der Waals surface area contributed by atoms with Gasteiger partial charge >= 0.3 is 0 Å². The highest BCUT2D eigenvalue weighted by Gasteiger charge is 2.14. The fourth-order valence-electron chi connectivity index (χ4n) is 3.75. The Morgan fingerprint density at radius 3 is 2.08 bits per heavy atom. The molecule has 4 aromatic carbocycles. The van der Waals surface area contributed by atoms with Crippen molar-refractivity contribution < 1.29 is 0 Å². The van der Waals surface area contributed by atoms with Crippen LogP contribution in [0, 0.1) is 0 Å². The highest BCUT2D eigenvalue weighted by Crippen LogP contribution is 2.37. The van der Waals surface area contributed by atoms with Crippen LogP contribution in [-0.2, 0) is 0 Å². The Kier molecular flexibility index (Phi) is 3.29. The molecule has 0 radical (unpaired) electrons. The van der Waals surface area contributed by atoms with Gasteiger partial charge in [0, 0.05) is 16.5 Å². The highest BCUT2D eigenvalue weighted by molar-refractivity contribution is 6.13. The topological polar surface area (TPSA) is 30.9 Å². The second kappa shape index (κ2) is 5.78. The summed E-state index contributed by atoms with van der Waals surface area (Å²) in [4.78, 5) is 0. The zero-order valence-electron chi connectivity index (χ0n) is 14.3. The number of hydrogen-bond donors (Lipinski definition) is 1. The van der Waals surface area contributed by atoms with Crippen molar-refractivity contribution in [2.24, 2.45) is 0 Å². The Morgan fingerprint density at radius 1 is 0.577 bits per heavy atom. The minimum atomic E-state index is 0.795. The zero-order valence-corrected chi connectivity index (χ0v) is 14.3. The first-order valence-electron chi connectivity index (χ1n) is 8.76. The lowest BCUT2D eigenvalue weighted by Crippen LogP contribution is -1.96. The van der Waals surface area contributed by atoms with E-state index in [0.29, 0.717) is 0 Å². The second-order valence-corrected chi connectivity index (χ2v) is 6.51. The summed E-state index contributed by atoms with van der Waals surface area (Å²) < 4.78 is 2.26. The number of nitrogens with two attached hydrogens (primary N) is 1. The number of para-hydroxylation sites is 2. The van der Waals surface area contributed by atoms with Crippen LogP contribution in [-0.4, -0.2) is 4.57 Å². The number of hydrogen-bond acceptors (Lipinski definition) is 1. The molecule has 0 bridgehead atoms. The molecule has 2 nitrogen and oxygen atoms in total. The maximum atomic E-state index is 6.39. The Bertz CT molecular complexity index is 1220. The Labute approximate surface area is 152 Å². The van der Waals surface area contributed by atoms with Crippen molar-refractivity contribution >= 4 is 27.5 Å². The summed E-state index contributed by atoms with van der Waals surface area (Å²) in [6.45, 7) is 0. The van der Waals surface area contributed by atoms with E-state index >= 15 is 0 Å². The molecular formula is C24H18N2. The summed E-state index contributed by atoms with van der Waals surface area (Å²) in [5.74, 6) is 0. The van der Waals surface area contributed by atoms with Crippen molar-refractivity contribution in [3.05, 3.63) is 97.1 Å². The van der Waals surface area contributed by atoms with Crippen LogP contribution in [0.3, 0.4) is 0 Å². The van der Waals surface area contributed by atoms with Crippen LogP contribution in [0.2, 0.25) is 0 Å². The normalized spacial score (nSPS) is 11.2. The molecule has 0 fully saturated rings. The molecule has 0 atom stereocenters. The van der Waals surface area contributed by atoms with Crippen molar-refractivity contribution in [3.63, 3.8) is 0 Å². The lowest BCUT2D eigenvalue weighted by molar-refractivity contribution is 1.18. The summed E-state index contributed by atoms with van der Waals surface area (Å²) in [7, 11) is 0. The van der Waals surface area contributed by atoms with E-state index in [0.717, 1.165) is 16.9 Å². The third kappa shape index (κ3) is 2.20. The van der Waals surface area contributed by atoms with Gasteiger partial charge in [-0.3, -0.25) is 0 Å². The third-order valence-corrected chi connectivity index (χ3v) is 4.94. The number of benzene rings is 4. The lowest BCUT2D eigenvalue weighted by Gasteiger charge is -2.09. The van der Waals surface area contributed by atoms with Gasteiger partial charge in [-0.05, 0) is 41.5 Å². The van der Waals surface area contributed by atoms with E-state index in [1.54, 1.807) is 0 Å². The van der Waals surface area contributed by atoms with Gasteiger partial charge in [0.25, 0.3) is 0 Å². The molecule has 5 aromatic rings. The second-order valence-electron chi connectivity index (χ2n) is 6.51. The molecular weight excluding hydrogens is 316 g/mol. The molecule has 2 heteroatoms. The van der Waals surface area contributed by atoms with Crippen LogP contribution in [0.5, 0.6) is 0 Å². The number of fused-ring (bicyclic) bond motifs is 3. The standard InChI is InChI=1S/C24H18N2/c25-22-13-7-12-20-21-16-18(17-8-3-1-4-9-17)14-15-23(21)26(24(20)22)19-10-5-2-6-11-19/h1-16H,25H2. The molecule has 0 aliphatic carbocycles. The van der Waals surface area contributed by atoms with Gasteiger partial charge in [0.15, 0.2) is 0 Å². The summed E-state index contributed by atoms with van der Waals surface area (Å²) >= 11 is 0. The van der Waals surface area contributed by atoms with Gasteiger partial charge in [-0.2, -0.15) is 0 Å². The van der Waals surface area contributed by atoms with E-state index in [1.807, 2.05) is 24.3 Å². The number of nitrogen functional groups attached to an aromatic ring is 1. The number of aromatic nitrogens is 1. The number of rotatable bonds is 2.